The van der Waals surface area contributed by atoms with Crippen LogP contribution in [0.25, 0.3) is 10.9 Å². The van der Waals surface area contributed by atoms with Gasteiger partial charge in [-0.1, -0.05) is 12.1 Å². The van der Waals surface area contributed by atoms with Crippen molar-refractivity contribution in [2.75, 3.05) is 26.5 Å². The van der Waals surface area contributed by atoms with E-state index in [0.717, 1.165) is 28.9 Å². The van der Waals surface area contributed by atoms with E-state index in [2.05, 4.69) is 16.3 Å². The zero-order chi connectivity index (χ0) is 17.8. The third-order valence-electron chi connectivity index (χ3n) is 4.00. The first kappa shape index (κ1) is 17.0. The van der Waals surface area contributed by atoms with Crippen LogP contribution < -0.4 is 10.1 Å². The van der Waals surface area contributed by atoms with Crippen molar-refractivity contribution < 1.29 is 9.53 Å². The molecule has 1 N–H and O–H groups in total. The van der Waals surface area contributed by atoms with Crippen LogP contribution in [0.2, 0.25) is 0 Å². The smallest absolute Gasteiger partial charge is 0.244 e. The lowest BCUT2D eigenvalue weighted by Crippen LogP contribution is -2.18. The summed E-state index contributed by atoms with van der Waals surface area (Å²) in [6, 6.07) is 15.8. The molecule has 0 aliphatic heterocycles. The number of hydrogen-bond donors (Lipinski definition) is 1. The van der Waals surface area contributed by atoms with E-state index in [1.54, 1.807) is 7.11 Å². The maximum absolute atomic E-state index is 12.4. The Labute approximate surface area is 147 Å². The summed E-state index contributed by atoms with van der Waals surface area (Å²) in [5.74, 6) is 0.766. The van der Waals surface area contributed by atoms with E-state index in [4.69, 9.17) is 4.74 Å². The lowest BCUT2D eigenvalue weighted by molar-refractivity contribution is -0.116. The highest BCUT2D eigenvalue weighted by atomic mass is 16.5. The topological polar surface area (TPSA) is 46.5 Å². The number of carbonyl (C=O) groups excluding carboxylic acids is 1. The van der Waals surface area contributed by atoms with Gasteiger partial charge in [0.25, 0.3) is 0 Å². The van der Waals surface area contributed by atoms with E-state index < -0.39 is 0 Å². The number of benzene rings is 2. The standard InChI is InChI=1S/C20H23N3O2/c1-22(2)13-15-5-4-6-17(11-15)21-20(24)14-23-10-9-16-12-18(25-3)7-8-19(16)23/h4-12H,13-14H2,1-3H3,(H,21,24). The van der Waals surface area contributed by atoms with Gasteiger partial charge in [-0.15, -0.1) is 0 Å². The van der Waals surface area contributed by atoms with Crippen LogP contribution >= 0.6 is 0 Å². The zero-order valence-corrected chi connectivity index (χ0v) is 14.8. The molecule has 0 aliphatic carbocycles. The van der Waals surface area contributed by atoms with Gasteiger partial charge in [-0.3, -0.25) is 4.79 Å². The Morgan fingerprint density at radius 1 is 1.16 bits per heavy atom. The first-order chi connectivity index (χ1) is 12.0. The highest BCUT2D eigenvalue weighted by Crippen LogP contribution is 2.22. The minimum Gasteiger partial charge on any atom is -0.497 e. The Hall–Kier alpha value is -2.79. The fraction of sp³-hybridized carbons (Fsp3) is 0.250. The summed E-state index contributed by atoms with van der Waals surface area (Å²) in [7, 11) is 5.70. The molecule has 0 saturated carbocycles. The summed E-state index contributed by atoms with van der Waals surface area (Å²) in [6.07, 6.45) is 1.92. The molecule has 0 atom stereocenters. The second-order valence-corrected chi connectivity index (χ2v) is 6.35. The van der Waals surface area contributed by atoms with Gasteiger partial charge in [0.05, 0.1) is 7.11 Å². The molecule has 0 saturated heterocycles. The van der Waals surface area contributed by atoms with Crippen LogP contribution in [-0.2, 0) is 17.9 Å². The van der Waals surface area contributed by atoms with Crippen LogP contribution in [0.15, 0.2) is 54.7 Å². The largest absolute Gasteiger partial charge is 0.497 e. The van der Waals surface area contributed by atoms with Crippen LogP contribution in [0.3, 0.4) is 0 Å². The second kappa shape index (κ2) is 7.40. The van der Waals surface area contributed by atoms with Crippen LogP contribution in [-0.4, -0.2) is 36.6 Å². The van der Waals surface area contributed by atoms with Crippen molar-refractivity contribution >= 4 is 22.5 Å². The molecule has 0 spiro atoms. The molecule has 5 heteroatoms. The predicted molar refractivity (Wildman–Crippen MR) is 101 cm³/mol. The molecule has 3 aromatic rings. The molecule has 3 rings (SSSR count). The van der Waals surface area contributed by atoms with Gasteiger partial charge >= 0.3 is 0 Å². The minimum atomic E-state index is -0.0460. The Morgan fingerprint density at radius 2 is 2.00 bits per heavy atom. The molecule has 2 aromatic carbocycles. The van der Waals surface area contributed by atoms with E-state index in [0.29, 0.717) is 0 Å². The fourth-order valence-corrected chi connectivity index (χ4v) is 2.91. The summed E-state index contributed by atoms with van der Waals surface area (Å²) in [4.78, 5) is 14.5. The van der Waals surface area contributed by atoms with Gasteiger partial charge in [0.2, 0.25) is 5.91 Å². The molecule has 1 heterocycles. The Bertz CT molecular complexity index is 884. The molecular formula is C20H23N3O2. The van der Waals surface area contributed by atoms with Gasteiger partial charge in [0, 0.05) is 29.3 Å². The maximum atomic E-state index is 12.4. The molecule has 25 heavy (non-hydrogen) atoms. The van der Waals surface area contributed by atoms with Gasteiger partial charge < -0.3 is 19.5 Å². The fourth-order valence-electron chi connectivity index (χ4n) is 2.91. The number of nitrogens with one attached hydrogen (secondary N) is 1. The number of rotatable bonds is 6. The lowest BCUT2D eigenvalue weighted by Gasteiger charge is -2.12. The van der Waals surface area contributed by atoms with Crippen LogP contribution in [0.5, 0.6) is 5.75 Å². The van der Waals surface area contributed by atoms with Crippen LogP contribution in [0.1, 0.15) is 5.56 Å². The van der Waals surface area contributed by atoms with Crippen molar-refractivity contribution in [1.29, 1.82) is 0 Å². The summed E-state index contributed by atoms with van der Waals surface area (Å²) in [5, 5.41) is 4.03. The molecule has 1 amide bonds. The number of hydrogen-bond acceptors (Lipinski definition) is 3. The van der Waals surface area contributed by atoms with Crippen molar-refractivity contribution in [2.45, 2.75) is 13.1 Å². The first-order valence-electron chi connectivity index (χ1n) is 8.21. The molecule has 0 bridgehead atoms. The first-order valence-corrected chi connectivity index (χ1v) is 8.21. The Morgan fingerprint density at radius 3 is 2.76 bits per heavy atom. The van der Waals surface area contributed by atoms with E-state index in [1.165, 1.54) is 5.56 Å². The average Bonchev–Trinajstić information content (AvgIpc) is 2.96. The number of fused-ring (bicyclic) bond motifs is 1. The van der Waals surface area contributed by atoms with Crippen molar-refractivity contribution in [1.82, 2.24) is 9.47 Å². The Balaban J connectivity index is 1.70. The average molecular weight is 337 g/mol. The van der Waals surface area contributed by atoms with Crippen LogP contribution in [0.4, 0.5) is 5.69 Å². The summed E-state index contributed by atoms with van der Waals surface area (Å²) in [5.41, 5.74) is 3.00. The number of carbonyl (C=O) groups is 1. The van der Waals surface area contributed by atoms with Gasteiger partial charge in [0.15, 0.2) is 0 Å². The second-order valence-electron chi connectivity index (χ2n) is 6.35. The maximum Gasteiger partial charge on any atom is 0.244 e. The highest BCUT2D eigenvalue weighted by Gasteiger charge is 2.08. The van der Waals surface area contributed by atoms with Crippen molar-refractivity contribution in [3.8, 4) is 5.75 Å². The highest BCUT2D eigenvalue weighted by molar-refractivity contribution is 5.92. The van der Waals surface area contributed by atoms with E-state index >= 15 is 0 Å². The lowest BCUT2D eigenvalue weighted by atomic mass is 10.2. The third kappa shape index (κ3) is 4.19. The number of amides is 1. The van der Waals surface area contributed by atoms with Crippen molar-refractivity contribution in [3.63, 3.8) is 0 Å². The van der Waals surface area contributed by atoms with Gasteiger partial charge in [-0.05, 0) is 56.1 Å². The molecule has 0 radical (unpaired) electrons. The summed E-state index contributed by atoms with van der Waals surface area (Å²) < 4.78 is 7.18. The molecule has 5 nitrogen and oxygen atoms in total. The number of nitrogens with zero attached hydrogens (tertiary/aromatic N) is 2. The summed E-state index contributed by atoms with van der Waals surface area (Å²) >= 11 is 0. The molecule has 0 aliphatic rings. The van der Waals surface area contributed by atoms with Gasteiger partial charge in [-0.2, -0.15) is 0 Å². The Kier molecular flexibility index (Phi) is 5.05. The minimum absolute atomic E-state index is 0.0460. The molecule has 0 fully saturated rings. The van der Waals surface area contributed by atoms with Crippen molar-refractivity contribution in [3.05, 3.63) is 60.3 Å². The van der Waals surface area contributed by atoms with Gasteiger partial charge in [0.1, 0.15) is 12.3 Å². The zero-order valence-electron chi connectivity index (χ0n) is 14.8. The van der Waals surface area contributed by atoms with Gasteiger partial charge in [-0.25, -0.2) is 0 Å². The number of methoxy groups -OCH3 is 1. The normalized spacial score (nSPS) is 11.0. The number of aromatic nitrogens is 1. The molecular weight excluding hydrogens is 314 g/mol. The monoisotopic (exact) mass is 337 g/mol. The predicted octanol–water partition coefficient (Wildman–Crippen LogP) is 3.35. The SMILES string of the molecule is COc1ccc2c(ccn2CC(=O)Nc2cccc(CN(C)C)c2)c1. The van der Waals surface area contributed by atoms with Crippen LogP contribution in [0, 0.1) is 0 Å². The third-order valence-corrected chi connectivity index (χ3v) is 4.00. The summed E-state index contributed by atoms with van der Waals surface area (Å²) in [6.45, 7) is 1.11. The van der Waals surface area contributed by atoms with E-state index in [1.807, 2.05) is 67.3 Å². The molecule has 0 unspecified atom stereocenters. The molecule has 130 valence electrons. The quantitative estimate of drug-likeness (QED) is 0.750. The van der Waals surface area contributed by atoms with E-state index in [-0.39, 0.29) is 12.5 Å². The molecule has 1 aromatic heterocycles. The number of anilines is 1. The number of ether oxygens (including phenoxy) is 1. The van der Waals surface area contributed by atoms with Crippen molar-refractivity contribution in [2.24, 2.45) is 0 Å². The van der Waals surface area contributed by atoms with E-state index in [9.17, 15) is 4.79 Å².